The van der Waals surface area contributed by atoms with Gasteiger partial charge >= 0.3 is 0 Å². The van der Waals surface area contributed by atoms with Gasteiger partial charge in [-0.1, -0.05) is 12.1 Å². The second-order valence-electron chi connectivity index (χ2n) is 7.92. The van der Waals surface area contributed by atoms with Crippen molar-refractivity contribution in [3.05, 3.63) is 35.6 Å². The predicted molar refractivity (Wildman–Crippen MR) is 95.3 cm³/mol. The Labute approximate surface area is 144 Å². The minimum absolute atomic E-state index is 0.0233. The molecule has 24 heavy (non-hydrogen) atoms. The van der Waals surface area contributed by atoms with E-state index in [-0.39, 0.29) is 23.3 Å². The first-order chi connectivity index (χ1) is 11.2. The maximum atomic E-state index is 13.3. The third-order valence-electron chi connectivity index (χ3n) is 4.36. The van der Waals surface area contributed by atoms with Gasteiger partial charge < -0.3 is 10.6 Å². The zero-order chi connectivity index (χ0) is 17.9. The van der Waals surface area contributed by atoms with Gasteiger partial charge in [0.15, 0.2) is 0 Å². The zero-order valence-corrected chi connectivity index (χ0v) is 15.4. The van der Waals surface area contributed by atoms with Gasteiger partial charge in [0.1, 0.15) is 5.82 Å². The van der Waals surface area contributed by atoms with Crippen LogP contribution in [0.15, 0.2) is 24.3 Å². The smallest absolute Gasteiger partial charge is 0.222 e. The van der Waals surface area contributed by atoms with E-state index in [2.05, 4.69) is 29.4 Å². The molecule has 1 heterocycles. The number of carbonyl (C=O) groups excluding carboxylic acids is 1. The fourth-order valence-corrected chi connectivity index (χ4v) is 3.24. The van der Waals surface area contributed by atoms with E-state index in [1.807, 2.05) is 20.8 Å². The molecule has 1 aromatic carbocycles. The van der Waals surface area contributed by atoms with Crippen molar-refractivity contribution in [3.63, 3.8) is 0 Å². The number of piperazine rings is 1. The average Bonchev–Trinajstić information content (AvgIpc) is 2.47. The maximum Gasteiger partial charge on any atom is 0.222 e. The van der Waals surface area contributed by atoms with Crippen molar-refractivity contribution in [2.24, 2.45) is 0 Å². The zero-order valence-electron chi connectivity index (χ0n) is 15.4. The summed E-state index contributed by atoms with van der Waals surface area (Å²) in [5.74, 6) is -0.228. The molecule has 4 nitrogen and oxygen atoms in total. The SMILES string of the molecule is C[C@@H]1CN[C@@H](C)CN1C(CC(=O)NC(C)(C)C)c1ccc(F)cc1. The Bertz CT molecular complexity index is 553. The van der Waals surface area contributed by atoms with E-state index in [1.54, 1.807) is 12.1 Å². The fourth-order valence-electron chi connectivity index (χ4n) is 3.24. The Hall–Kier alpha value is -1.46. The maximum absolute atomic E-state index is 13.3. The molecule has 1 aliphatic rings. The number of halogens is 1. The van der Waals surface area contributed by atoms with Crippen molar-refractivity contribution >= 4 is 5.91 Å². The van der Waals surface area contributed by atoms with Gasteiger partial charge in [-0.2, -0.15) is 0 Å². The molecule has 0 bridgehead atoms. The van der Waals surface area contributed by atoms with Gasteiger partial charge in [0.25, 0.3) is 0 Å². The molecule has 1 aromatic rings. The van der Waals surface area contributed by atoms with Gasteiger partial charge in [-0.05, 0) is 52.3 Å². The minimum Gasteiger partial charge on any atom is -0.351 e. The van der Waals surface area contributed by atoms with Crippen LogP contribution in [0.25, 0.3) is 0 Å². The molecule has 2 N–H and O–H groups in total. The quantitative estimate of drug-likeness (QED) is 0.889. The molecular weight excluding hydrogens is 305 g/mol. The van der Waals surface area contributed by atoms with Crippen LogP contribution in [0.4, 0.5) is 4.39 Å². The minimum atomic E-state index is -0.257. The van der Waals surface area contributed by atoms with E-state index in [4.69, 9.17) is 0 Å². The standard InChI is InChI=1S/C19H30FN3O/c1-13-12-23(14(2)11-21-13)17(10-18(24)22-19(3,4)5)15-6-8-16(20)9-7-15/h6-9,13-14,17,21H,10-12H2,1-5H3,(H,22,24)/t13-,14+,17?/m0/s1. The molecule has 5 heteroatoms. The Morgan fingerprint density at radius 1 is 1.33 bits per heavy atom. The van der Waals surface area contributed by atoms with Gasteiger partial charge in [0.05, 0.1) is 0 Å². The summed E-state index contributed by atoms with van der Waals surface area (Å²) in [5.41, 5.74) is 0.730. The Balaban J connectivity index is 2.23. The lowest BCUT2D eigenvalue weighted by Gasteiger charge is -2.43. The van der Waals surface area contributed by atoms with Gasteiger partial charge in [0, 0.05) is 43.2 Å². The summed E-state index contributed by atoms with van der Waals surface area (Å²) < 4.78 is 13.3. The third-order valence-corrected chi connectivity index (χ3v) is 4.36. The molecule has 0 aromatic heterocycles. The summed E-state index contributed by atoms with van der Waals surface area (Å²) in [6.07, 6.45) is 0.375. The van der Waals surface area contributed by atoms with Crippen LogP contribution in [0.1, 0.15) is 52.6 Å². The van der Waals surface area contributed by atoms with Crippen LogP contribution >= 0.6 is 0 Å². The molecule has 1 aliphatic heterocycles. The fraction of sp³-hybridized carbons (Fsp3) is 0.632. The van der Waals surface area contributed by atoms with Crippen LogP contribution in [0.5, 0.6) is 0 Å². The van der Waals surface area contributed by atoms with E-state index in [9.17, 15) is 9.18 Å². The molecule has 134 valence electrons. The van der Waals surface area contributed by atoms with Crippen molar-refractivity contribution in [2.75, 3.05) is 13.1 Å². The van der Waals surface area contributed by atoms with Gasteiger partial charge in [-0.3, -0.25) is 9.69 Å². The first-order valence-electron chi connectivity index (χ1n) is 8.71. The lowest BCUT2D eigenvalue weighted by molar-refractivity contribution is -0.124. The van der Waals surface area contributed by atoms with Crippen LogP contribution in [0, 0.1) is 5.82 Å². The van der Waals surface area contributed by atoms with Crippen LogP contribution in [0.2, 0.25) is 0 Å². The first-order valence-corrected chi connectivity index (χ1v) is 8.71. The van der Waals surface area contributed by atoms with Gasteiger partial charge in [-0.25, -0.2) is 4.39 Å². The highest BCUT2D eigenvalue weighted by atomic mass is 19.1. The average molecular weight is 335 g/mol. The van der Waals surface area contributed by atoms with Gasteiger partial charge in [0.2, 0.25) is 5.91 Å². The largest absolute Gasteiger partial charge is 0.351 e. The highest BCUT2D eigenvalue weighted by Gasteiger charge is 2.31. The summed E-state index contributed by atoms with van der Waals surface area (Å²) in [6, 6.07) is 7.18. The lowest BCUT2D eigenvalue weighted by atomic mass is 9.97. The summed E-state index contributed by atoms with van der Waals surface area (Å²) in [7, 11) is 0. The van der Waals surface area contributed by atoms with E-state index in [1.165, 1.54) is 12.1 Å². The Morgan fingerprint density at radius 3 is 2.54 bits per heavy atom. The highest BCUT2D eigenvalue weighted by Crippen LogP contribution is 2.28. The summed E-state index contributed by atoms with van der Waals surface area (Å²) >= 11 is 0. The second-order valence-corrected chi connectivity index (χ2v) is 7.92. The van der Waals surface area contributed by atoms with Crippen molar-refractivity contribution in [1.82, 2.24) is 15.5 Å². The first kappa shape index (κ1) is 18.9. The molecule has 1 amide bonds. The Kier molecular flexibility index (Phi) is 5.99. The van der Waals surface area contributed by atoms with E-state index < -0.39 is 0 Å². The van der Waals surface area contributed by atoms with Crippen molar-refractivity contribution in [2.45, 2.75) is 64.7 Å². The molecule has 0 saturated carbocycles. The number of amides is 1. The number of benzene rings is 1. The van der Waals surface area contributed by atoms with Crippen LogP contribution in [-0.2, 0) is 4.79 Å². The molecule has 3 atom stereocenters. The van der Waals surface area contributed by atoms with Crippen LogP contribution < -0.4 is 10.6 Å². The van der Waals surface area contributed by atoms with Crippen molar-refractivity contribution in [3.8, 4) is 0 Å². The van der Waals surface area contributed by atoms with Crippen LogP contribution in [-0.4, -0.2) is 41.5 Å². The predicted octanol–water partition coefficient (Wildman–Crippen LogP) is 2.85. The Morgan fingerprint density at radius 2 is 1.96 bits per heavy atom. The van der Waals surface area contributed by atoms with Crippen molar-refractivity contribution in [1.29, 1.82) is 0 Å². The molecule has 1 unspecified atom stereocenters. The normalized spacial score (nSPS) is 23.8. The second kappa shape index (κ2) is 7.62. The molecular formula is C19H30FN3O. The number of hydrogen-bond donors (Lipinski definition) is 2. The number of hydrogen-bond acceptors (Lipinski definition) is 3. The summed E-state index contributed by atoms with van der Waals surface area (Å²) in [6.45, 7) is 12.0. The highest BCUT2D eigenvalue weighted by molar-refractivity contribution is 5.77. The van der Waals surface area contributed by atoms with Crippen molar-refractivity contribution < 1.29 is 9.18 Å². The molecule has 0 aliphatic carbocycles. The molecule has 1 fully saturated rings. The molecule has 0 radical (unpaired) electrons. The topological polar surface area (TPSA) is 44.4 Å². The van der Waals surface area contributed by atoms with E-state index in [0.717, 1.165) is 18.7 Å². The number of nitrogens with zero attached hydrogens (tertiary/aromatic N) is 1. The number of carbonyl (C=O) groups is 1. The van der Waals surface area contributed by atoms with E-state index in [0.29, 0.717) is 18.5 Å². The molecule has 2 rings (SSSR count). The lowest BCUT2D eigenvalue weighted by Crippen LogP contribution is -2.56. The third kappa shape index (κ3) is 5.28. The summed E-state index contributed by atoms with van der Waals surface area (Å²) in [5, 5.41) is 6.51. The number of rotatable bonds is 4. The molecule has 1 saturated heterocycles. The van der Waals surface area contributed by atoms with E-state index >= 15 is 0 Å². The van der Waals surface area contributed by atoms with Gasteiger partial charge in [-0.15, -0.1) is 0 Å². The summed E-state index contributed by atoms with van der Waals surface area (Å²) in [4.78, 5) is 14.9. The molecule has 0 spiro atoms. The van der Waals surface area contributed by atoms with Crippen LogP contribution in [0.3, 0.4) is 0 Å². The monoisotopic (exact) mass is 335 g/mol. The number of nitrogens with one attached hydrogen (secondary N) is 2.